The Morgan fingerprint density at radius 1 is 1.35 bits per heavy atom. The number of halogens is 2. The zero-order valence-corrected chi connectivity index (χ0v) is 12.4. The van der Waals surface area contributed by atoms with Crippen LogP contribution in [0.1, 0.15) is 16.2 Å². The predicted octanol–water partition coefficient (Wildman–Crippen LogP) is 2.42. The first-order valence-corrected chi connectivity index (χ1v) is 7.04. The average Bonchev–Trinajstić information content (AvgIpc) is 2.76. The molecule has 1 aliphatic heterocycles. The summed E-state index contributed by atoms with van der Waals surface area (Å²) in [5, 5.41) is 0.901. The zero-order chi connectivity index (χ0) is 14.3. The van der Waals surface area contributed by atoms with Gasteiger partial charge >= 0.3 is 0 Å². The lowest BCUT2D eigenvalue weighted by Gasteiger charge is -2.26. The van der Waals surface area contributed by atoms with Gasteiger partial charge in [-0.2, -0.15) is 0 Å². The third-order valence-electron chi connectivity index (χ3n) is 3.32. The Hall–Kier alpha value is -1.30. The van der Waals surface area contributed by atoms with Crippen LogP contribution < -0.4 is 0 Å². The van der Waals surface area contributed by atoms with Gasteiger partial charge in [0, 0.05) is 19.3 Å². The van der Waals surface area contributed by atoms with Gasteiger partial charge in [0.15, 0.2) is 5.65 Å². The number of imidazole rings is 1. The number of aryl methyl sites for hydroxylation is 1. The third kappa shape index (κ3) is 2.26. The maximum Gasteiger partial charge on any atom is 0.272 e. The molecular formula is C13H13Cl2N3O2. The summed E-state index contributed by atoms with van der Waals surface area (Å²) in [6, 6.07) is 1.62. The number of nitrogens with zero attached hydrogens (tertiary/aromatic N) is 3. The van der Waals surface area contributed by atoms with Crippen molar-refractivity contribution >= 4 is 34.8 Å². The predicted molar refractivity (Wildman–Crippen MR) is 76.7 cm³/mol. The van der Waals surface area contributed by atoms with E-state index in [2.05, 4.69) is 4.98 Å². The van der Waals surface area contributed by atoms with E-state index in [1.165, 1.54) is 0 Å². The van der Waals surface area contributed by atoms with E-state index >= 15 is 0 Å². The molecule has 0 saturated carbocycles. The molecule has 0 radical (unpaired) electrons. The largest absolute Gasteiger partial charge is 0.378 e. The van der Waals surface area contributed by atoms with E-state index in [1.54, 1.807) is 28.5 Å². The smallest absolute Gasteiger partial charge is 0.272 e. The molecule has 1 saturated heterocycles. The van der Waals surface area contributed by atoms with Crippen molar-refractivity contribution in [3.8, 4) is 0 Å². The van der Waals surface area contributed by atoms with Gasteiger partial charge in [-0.1, -0.05) is 23.2 Å². The highest BCUT2D eigenvalue weighted by molar-refractivity contribution is 6.36. The Bertz CT molecular complexity index is 678. The molecule has 106 valence electrons. The molecule has 5 nitrogen and oxygen atoms in total. The summed E-state index contributed by atoms with van der Waals surface area (Å²) in [7, 11) is 0. The van der Waals surface area contributed by atoms with Crippen LogP contribution in [0.25, 0.3) is 5.65 Å². The van der Waals surface area contributed by atoms with E-state index < -0.39 is 0 Å². The van der Waals surface area contributed by atoms with Crippen LogP contribution in [0.15, 0.2) is 12.3 Å². The van der Waals surface area contributed by atoms with Crippen molar-refractivity contribution in [3.63, 3.8) is 0 Å². The number of carbonyl (C=O) groups is 1. The van der Waals surface area contributed by atoms with Crippen LogP contribution in [-0.2, 0) is 4.74 Å². The quantitative estimate of drug-likeness (QED) is 0.812. The maximum atomic E-state index is 12.6. The highest BCUT2D eigenvalue weighted by Gasteiger charge is 2.24. The molecule has 3 heterocycles. The van der Waals surface area contributed by atoms with Crippen LogP contribution in [0.4, 0.5) is 0 Å². The molecule has 1 aliphatic rings. The van der Waals surface area contributed by atoms with Crippen LogP contribution >= 0.6 is 23.2 Å². The topological polar surface area (TPSA) is 46.8 Å². The maximum absolute atomic E-state index is 12.6. The van der Waals surface area contributed by atoms with Crippen LogP contribution in [0.5, 0.6) is 0 Å². The third-order valence-corrected chi connectivity index (χ3v) is 3.80. The second-order valence-electron chi connectivity index (χ2n) is 4.65. The normalized spacial score (nSPS) is 15.8. The Balaban J connectivity index is 2.10. The fourth-order valence-corrected chi connectivity index (χ4v) is 2.87. The minimum absolute atomic E-state index is 0.0726. The van der Waals surface area contributed by atoms with Gasteiger partial charge in [0.05, 0.1) is 29.0 Å². The molecule has 0 N–H and O–H groups in total. The highest BCUT2D eigenvalue weighted by atomic mass is 35.5. The van der Waals surface area contributed by atoms with Crippen molar-refractivity contribution in [3.05, 3.63) is 33.7 Å². The molecule has 0 aliphatic carbocycles. The SMILES string of the molecule is Cc1nc2c(Cl)cc(Cl)cn2c1C(=O)N1CCOCC1. The number of ether oxygens (including phenoxy) is 1. The van der Waals surface area contributed by atoms with Crippen molar-refractivity contribution in [2.75, 3.05) is 26.3 Å². The Morgan fingerprint density at radius 3 is 2.75 bits per heavy atom. The van der Waals surface area contributed by atoms with Gasteiger partial charge in [-0.15, -0.1) is 0 Å². The number of aromatic nitrogens is 2. The monoisotopic (exact) mass is 313 g/mol. The van der Waals surface area contributed by atoms with E-state index in [1.807, 2.05) is 0 Å². The van der Waals surface area contributed by atoms with Gasteiger partial charge in [0.25, 0.3) is 5.91 Å². The number of rotatable bonds is 1. The minimum Gasteiger partial charge on any atom is -0.378 e. The number of carbonyl (C=O) groups excluding carboxylic acids is 1. The lowest BCUT2D eigenvalue weighted by molar-refractivity contribution is 0.0298. The minimum atomic E-state index is -0.0726. The molecule has 0 unspecified atom stereocenters. The summed E-state index contributed by atoms with van der Waals surface area (Å²) < 4.78 is 6.93. The van der Waals surface area contributed by atoms with Crippen LogP contribution in [-0.4, -0.2) is 46.5 Å². The van der Waals surface area contributed by atoms with Crippen LogP contribution in [0, 0.1) is 6.92 Å². The number of pyridine rings is 1. The molecular weight excluding hydrogens is 301 g/mol. The molecule has 0 atom stereocenters. The van der Waals surface area contributed by atoms with E-state index in [9.17, 15) is 4.79 Å². The first kappa shape index (κ1) is 13.7. The average molecular weight is 314 g/mol. The molecule has 0 aromatic carbocycles. The van der Waals surface area contributed by atoms with Crippen molar-refractivity contribution in [2.45, 2.75) is 6.92 Å². The zero-order valence-electron chi connectivity index (χ0n) is 10.9. The molecule has 7 heteroatoms. The van der Waals surface area contributed by atoms with Crippen LogP contribution in [0.2, 0.25) is 10.0 Å². The molecule has 0 bridgehead atoms. The summed E-state index contributed by atoms with van der Waals surface area (Å²) in [6.45, 7) is 4.08. The molecule has 2 aromatic heterocycles. The Kier molecular flexibility index (Phi) is 3.58. The van der Waals surface area contributed by atoms with Gasteiger partial charge in [-0.05, 0) is 13.0 Å². The fourth-order valence-electron chi connectivity index (χ4n) is 2.36. The number of fused-ring (bicyclic) bond motifs is 1. The number of hydrogen-bond donors (Lipinski definition) is 0. The summed E-state index contributed by atoms with van der Waals surface area (Å²) in [6.07, 6.45) is 1.66. The summed E-state index contributed by atoms with van der Waals surface area (Å²) >= 11 is 12.1. The number of amides is 1. The van der Waals surface area contributed by atoms with E-state index in [0.29, 0.717) is 53.4 Å². The van der Waals surface area contributed by atoms with Crippen molar-refractivity contribution in [1.29, 1.82) is 0 Å². The van der Waals surface area contributed by atoms with E-state index in [4.69, 9.17) is 27.9 Å². The van der Waals surface area contributed by atoms with Crippen LogP contribution in [0.3, 0.4) is 0 Å². The summed E-state index contributed by atoms with van der Waals surface area (Å²) in [5.74, 6) is -0.0726. The van der Waals surface area contributed by atoms with Crippen molar-refractivity contribution < 1.29 is 9.53 Å². The Morgan fingerprint density at radius 2 is 2.05 bits per heavy atom. The second kappa shape index (κ2) is 5.24. The standard InChI is InChI=1S/C13H13Cl2N3O2/c1-8-11(13(19)17-2-4-20-5-3-17)18-7-9(14)6-10(15)12(18)16-8/h6-7H,2-5H2,1H3. The summed E-state index contributed by atoms with van der Waals surface area (Å²) in [5.41, 5.74) is 1.70. The fraction of sp³-hybridized carbons (Fsp3) is 0.385. The first-order valence-electron chi connectivity index (χ1n) is 6.28. The number of morpholine rings is 1. The van der Waals surface area contributed by atoms with Gasteiger partial charge < -0.3 is 9.64 Å². The van der Waals surface area contributed by atoms with Crippen molar-refractivity contribution in [1.82, 2.24) is 14.3 Å². The summed E-state index contributed by atoms with van der Waals surface area (Å²) in [4.78, 5) is 18.8. The van der Waals surface area contributed by atoms with Gasteiger partial charge in [-0.25, -0.2) is 4.98 Å². The molecule has 20 heavy (non-hydrogen) atoms. The second-order valence-corrected chi connectivity index (χ2v) is 5.49. The molecule has 1 amide bonds. The molecule has 1 fully saturated rings. The van der Waals surface area contributed by atoms with Gasteiger partial charge in [-0.3, -0.25) is 9.20 Å². The molecule has 3 rings (SSSR count). The van der Waals surface area contributed by atoms with E-state index in [-0.39, 0.29) is 5.91 Å². The van der Waals surface area contributed by atoms with Crippen molar-refractivity contribution in [2.24, 2.45) is 0 Å². The van der Waals surface area contributed by atoms with E-state index in [0.717, 1.165) is 0 Å². The molecule has 2 aromatic rings. The van der Waals surface area contributed by atoms with Gasteiger partial charge in [0.1, 0.15) is 5.69 Å². The number of hydrogen-bond acceptors (Lipinski definition) is 3. The molecule has 0 spiro atoms. The first-order chi connectivity index (χ1) is 9.58. The highest BCUT2D eigenvalue weighted by Crippen LogP contribution is 2.25. The Labute approximate surface area is 126 Å². The lowest BCUT2D eigenvalue weighted by atomic mass is 10.3. The lowest BCUT2D eigenvalue weighted by Crippen LogP contribution is -2.41. The van der Waals surface area contributed by atoms with Gasteiger partial charge in [0.2, 0.25) is 0 Å².